The number of rotatable bonds is 5. The number of carbonyl (C=O) groups is 2. The van der Waals surface area contributed by atoms with Crippen molar-refractivity contribution in [1.29, 1.82) is 0 Å². The van der Waals surface area contributed by atoms with E-state index in [0.717, 1.165) is 24.1 Å². The minimum Gasteiger partial charge on any atom is -0.451 e. The quantitative estimate of drug-likeness (QED) is 0.834. The average Bonchev–Trinajstić information content (AvgIpc) is 3.07. The second-order valence-corrected chi connectivity index (χ2v) is 6.28. The van der Waals surface area contributed by atoms with E-state index in [1.807, 2.05) is 43.0 Å². The van der Waals surface area contributed by atoms with Gasteiger partial charge in [-0.15, -0.1) is 0 Å². The van der Waals surface area contributed by atoms with E-state index in [4.69, 9.17) is 4.42 Å². The first-order valence-corrected chi connectivity index (χ1v) is 8.90. The molecule has 0 atom stereocenters. The number of carbonyl (C=O) groups excluding carboxylic acids is 2. The molecule has 3 rings (SSSR count). The average molecular weight is 343 g/mol. The van der Waals surface area contributed by atoms with Crippen molar-refractivity contribution in [3.63, 3.8) is 0 Å². The summed E-state index contributed by atoms with van der Waals surface area (Å²) in [7, 11) is 0. The van der Waals surface area contributed by atoms with Gasteiger partial charge in [0.1, 0.15) is 5.58 Å². The molecule has 0 radical (unpaired) electrons. The van der Waals surface area contributed by atoms with Crippen LogP contribution in [0.3, 0.4) is 0 Å². The molecule has 6 nitrogen and oxygen atoms in total. The third-order valence-electron chi connectivity index (χ3n) is 4.77. The first-order valence-electron chi connectivity index (χ1n) is 8.90. The lowest BCUT2D eigenvalue weighted by atomic mass is 10.2. The summed E-state index contributed by atoms with van der Waals surface area (Å²) >= 11 is 0. The Hall–Kier alpha value is -2.34. The smallest absolute Gasteiger partial charge is 0.289 e. The molecule has 0 saturated carbocycles. The van der Waals surface area contributed by atoms with Gasteiger partial charge in [0.2, 0.25) is 5.91 Å². The molecular weight excluding hydrogens is 318 g/mol. The molecule has 1 fully saturated rings. The van der Waals surface area contributed by atoms with Crippen molar-refractivity contribution >= 4 is 22.8 Å². The van der Waals surface area contributed by atoms with E-state index in [0.29, 0.717) is 38.5 Å². The van der Waals surface area contributed by atoms with Gasteiger partial charge in [0.15, 0.2) is 5.76 Å². The lowest BCUT2D eigenvalue weighted by Gasteiger charge is -2.34. The van der Waals surface area contributed by atoms with E-state index in [1.54, 1.807) is 11.0 Å². The third kappa shape index (κ3) is 3.85. The lowest BCUT2D eigenvalue weighted by molar-refractivity contribution is -0.132. The van der Waals surface area contributed by atoms with Gasteiger partial charge in [-0.1, -0.05) is 18.2 Å². The highest BCUT2D eigenvalue weighted by molar-refractivity contribution is 5.96. The Morgan fingerprint density at radius 3 is 2.40 bits per heavy atom. The van der Waals surface area contributed by atoms with Crippen molar-refractivity contribution in [2.24, 2.45) is 0 Å². The van der Waals surface area contributed by atoms with Crippen LogP contribution in [0, 0.1) is 0 Å². The Labute approximate surface area is 148 Å². The molecule has 0 unspecified atom stereocenters. The van der Waals surface area contributed by atoms with Crippen molar-refractivity contribution in [3.05, 3.63) is 36.1 Å². The molecule has 2 aromatic rings. The fourth-order valence-corrected chi connectivity index (χ4v) is 3.22. The Bertz CT molecular complexity index is 710. The van der Waals surface area contributed by atoms with Gasteiger partial charge in [-0.05, 0) is 26.0 Å². The third-order valence-corrected chi connectivity index (χ3v) is 4.77. The molecule has 0 aliphatic carbocycles. The highest BCUT2D eigenvalue weighted by atomic mass is 16.3. The zero-order valence-electron chi connectivity index (χ0n) is 14.9. The fraction of sp³-hybridized carbons (Fsp3) is 0.474. The highest BCUT2D eigenvalue weighted by Gasteiger charge is 2.26. The number of amides is 2. The standard InChI is InChI=1S/C19H25N3O3/c1-3-21(4-2)18(23)14-20-9-11-22(12-10-20)19(24)17-13-15-7-5-6-8-16(15)25-17/h5-8,13H,3-4,9-12,14H2,1-2H3. The molecule has 1 aliphatic rings. The van der Waals surface area contributed by atoms with Crippen molar-refractivity contribution in [2.45, 2.75) is 13.8 Å². The predicted octanol–water partition coefficient (Wildman–Crippen LogP) is 2.06. The summed E-state index contributed by atoms with van der Waals surface area (Å²) in [5.41, 5.74) is 0.731. The monoisotopic (exact) mass is 343 g/mol. The minimum absolute atomic E-state index is 0.0779. The van der Waals surface area contributed by atoms with Gasteiger partial charge in [0, 0.05) is 44.7 Å². The van der Waals surface area contributed by atoms with E-state index in [1.165, 1.54) is 0 Å². The van der Waals surface area contributed by atoms with E-state index >= 15 is 0 Å². The summed E-state index contributed by atoms with van der Waals surface area (Å²) in [5.74, 6) is 0.460. The van der Waals surface area contributed by atoms with E-state index in [9.17, 15) is 9.59 Å². The summed E-state index contributed by atoms with van der Waals surface area (Å²) in [6, 6.07) is 9.42. The Kier molecular flexibility index (Phi) is 5.38. The number of benzene rings is 1. The Balaban J connectivity index is 1.56. The topological polar surface area (TPSA) is 57.0 Å². The molecule has 134 valence electrons. The second-order valence-electron chi connectivity index (χ2n) is 6.28. The largest absolute Gasteiger partial charge is 0.451 e. The second kappa shape index (κ2) is 7.70. The number of para-hydroxylation sites is 1. The maximum absolute atomic E-state index is 12.6. The molecule has 2 amide bonds. The zero-order valence-corrected chi connectivity index (χ0v) is 14.9. The van der Waals surface area contributed by atoms with Crippen LogP contribution >= 0.6 is 0 Å². The van der Waals surface area contributed by atoms with Crippen LogP contribution in [-0.4, -0.2) is 72.3 Å². The van der Waals surface area contributed by atoms with Crippen molar-refractivity contribution < 1.29 is 14.0 Å². The van der Waals surface area contributed by atoms with Crippen LogP contribution in [0.4, 0.5) is 0 Å². The van der Waals surface area contributed by atoms with Gasteiger partial charge in [-0.3, -0.25) is 14.5 Å². The number of hydrogen-bond acceptors (Lipinski definition) is 4. The molecule has 1 aromatic heterocycles. The van der Waals surface area contributed by atoms with E-state index in [2.05, 4.69) is 4.90 Å². The van der Waals surface area contributed by atoms with Crippen LogP contribution in [0.1, 0.15) is 24.4 Å². The summed E-state index contributed by atoms with van der Waals surface area (Å²) in [4.78, 5) is 30.6. The van der Waals surface area contributed by atoms with Crippen LogP contribution in [0.25, 0.3) is 11.0 Å². The summed E-state index contributed by atoms with van der Waals surface area (Å²) in [6.07, 6.45) is 0. The van der Waals surface area contributed by atoms with Gasteiger partial charge in [-0.2, -0.15) is 0 Å². The molecule has 1 aliphatic heterocycles. The summed E-state index contributed by atoms with van der Waals surface area (Å²) < 4.78 is 5.67. The van der Waals surface area contributed by atoms with Gasteiger partial charge >= 0.3 is 0 Å². The SMILES string of the molecule is CCN(CC)C(=O)CN1CCN(C(=O)c2cc3ccccc3o2)CC1. The van der Waals surface area contributed by atoms with Crippen molar-refractivity contribution in [2.75, 3.05) is 45.8 Å². The van der Waals surface area contributed by atoms with Crippen LogP contribution in [0.2, 0.25) is 0 Å². The van der Waals surface area contributed by atoms with Gasteiger partial charge in [-0.25, -0.2) is 0 Å². The normalized spacial score (nSPS) is 15.5. The van der Waals surface area contributed by atoms with Gasteiger partial charge in [0.25, 0.3) is 5.91 Å². The number of piperazine rings is 1. The fourth-order valence-electron chi connectivity index (χ4n) is 3.22. The Morgan fingerprint density at radius 2 is 1.76 bits per heavy atom. The van der Waals surface area contributed by atoms with Crippen LogP contribution in [0.15, 0.2) is 34.7 Å². The molecule has 6 heteroatoms. The van der Waals surface area contributed by atoms with Crippen molar-refractivity contribution in [1.82, 2.24) is 14.7 Å². The maximum Gasteiger partial charge on any atom is 0.289 e. The zero-order chi connectivity index (χ0) is 17.8. The van der Waals surface area contributed by atoms with Crippen LogP contribution < -0.4 is 0 Å². The van der Waals surface area contributed by atoms with Gasteiger partial charge < -0.3 is 14.2 Å². The molecule has 0 N–H and O–H groups in total. The van der Waals surface area contributed by atoms with Crippen molar-refractivity contribution in [3.8, 4) is 0 Å². The Morgan fingerprint density at radius 1 is 1.08 bits per heavy atom. The number of hydrogen-bond donors (Lipinski definition) is 0. The van der Waals surface area contributed by atoms with E-state index < -0.39 is 0 Å². The number of furan rings is 1. The highest BCUT2D eigenvalue weighted by Crippen LogP contribution is 2.20. The summed E-state index contributed by atoms with van der Waals surface area (Å²) in [6.45, 7) is 8.52. The predicted molar refractivity (Wildman–Crippen MR) is 96.5 cm³/mol. The van der Waals surface area contributed by atoms with Crippen LogP contribution in [-0.2, 0) is 4.79 Å². The van der Waals surface area contributed by atoms with Gasteiger partial charge in [0.05, 0.1) is 6.54 Å². The molecule has 25 heavy (non-hydrogen) atoms. The molecular formula is C19H25N3O3. The summed E-state index contributed by atoms with van der Waals surface area (Å²) in [5, 5.41) is 0.939. The first-order chi connectivity index (χ1) is 12.1. The molecule has 1 saturated heterocycles. The molecule has 0 bridgehead atoms. The number of fused-ring (bicyclic) bond motifs is 1. The lowest BCUT2D eigenvalue weighted by Crippen LogP contribution is -2.51. The van der Waals surface area contributed by atoms with E-state index in [-0.39, 0.29) is 11.8 Å². The molecule has 1 aromatic carbocycles. The number of likely N-dealkylation sites (N-methyl/N-ethyl adjacent to an activating group) is 1. The first kappa shape index (κ1) is 17.5. The molecule has 2 heterocycles. The van der Waals surface area contributed by atoms with Crippen LogP contribution in [0.5, 0.6) is 0 Å². The molecule has 0 spiro atoms. The minimum atomic E-state index is -0.0779. The maximum atomic E-state index is 12.6. The number of nitrogens with zero attached hydrogens (tertiary/aromatic N) is 3.